The molecule has 0 aliphatic heterocycles. The summed E-state index contributed by atoms with van der Waals surface area (Å²) in [6.45, 7) is 2.08. The standard InChI is InChI=1S/C17H17FO2/c1-3-4-13-11-14(7-10-16(13)20-2)17(19)12-5-8-15(18)9-6-12/h5-11H,3-4H2,1-2H3. The van der Waals surface area contributed by atoms with E-state index < -0.39 is 0 Å². The van der Waals surface area contributed by atoms with Gasteiger partial charge in [-0.15, -0.1) is 0 Å². The van der Waals surface area contributed by atoms with Crippen LogP contribution in [0.25, 0.3) is 0 Å². The minimum absolute atomic E-state index is 0.106. The Morgan fingerprint density at radius 1 is 1.10 bits per heavy atom. The second-order valence-corrected chi connectivity index (χ2v) is 4.61. The fraction of sp³-hybridized carbons (Fsp3) is 0.235. The van der Waals surface area contributed by atoms with Crippen LogP contribution in [0.5, 0.6) is 5.75 Å². The van der Waals surface area contributed by atoms with Crippen molar-refractivity contribution >= 4 is 5.78 Å². The summed E-state index contributed by atoms with van der Waals surface area (Å²) in [5.74, 6) is 0.343. The van der Waals surface area contributed by atoms with Crippen molar-refractivity contribution in [3.8, 4) is 5.75 Å². The first-order chi connectivity index (χ1) is 9.65. The summed E-state index contributed by atoms with van der Waals surface area (Å²) in [5.41, 5.74) is 2.10. The Balaban J connectivity index is 2.34. The predicted octanol–water partition coefficient (Wildman–Crippen LogP) is 4.02. The zero-order valence-corrected chi connectivity index (χ0v) is 11.7. The van der Waals surface area contributed by atoms with Gasteiger partial charge in [-0.2, -0.15) is 0 Å². The SMILES string of the molecule is CCCc1cc(C(=O)c2ccc(F)cc2)ccc1OC. The zero-order chi connectivity index (χ0) is 14.5. The Labute approximate surface area is 118 Å². The third-order valence-corrected chi connectivity index (χ3v) is 3.17. The van der Waals surface area contributed by atoms with E-state index in [1.54, 1.807) is 13.2 Å². The molecule has 104 valence electrons. The first kappa shape index (κ1) is 14.3. The van der Waals surface area contributed by atoms with E-state index in [2.05, 4.69) is 6.92 Å². The van der Waals surface area contributed by atoms with Crippen LogP contribution in [0.4, 0.5) is 4.39 Å². The molecule has 0 unspecified atom stereocenters. The molecule has 0 saturated heterocycles. The minimum atomic E-state index is -0.344. The van der Waals surface area contributed by atoms with Gasteiger partial charge < -0.3 is 4.74 Å². The molecule has 0 heterocycles. The third kappa shape index (κ3) is 3.05. The highest BCUT2D eigenvalue weighted by molar-refractivity contribution is 6.09. The van der Waals surface area contributed by atoms with E-state index in [1.807, 2.05) is 12.1 Å². The molecule has 0 N–H and O–H groups in total. The molecule has 0 radical (unpaired) electrons. The average Bonchev–Trinajstić information content (AvgIpc) is 2.47. The highest BCUT2D eigenvalue weighted by Crippen LogP contribution is 2.23. The smallest absolute Gasteiger partial charge is 0.193 e. The molecule has 0 aromatic heterocycles. The van der Waals surface area contributed by atoms with Gasteiger partial charge >= 0.3 is 0 Å². The van der Waals surface area contributed by atoms with Crippen molar-refractivity contribution in [2.24, 2.45) is 0 Å². The lowest BCUT2D eigenvalue weighted by Gasteiger charge is -2.09. The number of aryl methyl sites for hydroxylation is 1. The van der Waals surface area contributed by atoms with Crippen LogP contribution in [0.3, 0.4) is 0 Å². The number of hydrogen-bond acceptors (Lipinski definition) is 2. The van der Waals surface area contributed by atoms with Crippen LogP contribution in [0.1, 0.15) is 34.8 Å². The quantitative estimate of drug-likeness (QED) is 0.768. The summed E-state index contributed by atoms with van der Waals surface area (Å²) in [5, 5.41) is 0. The predicted molar refractivity (Wildman–Crippen MR) is 76.8 cm³/mol. The van der Waals surface area contributed by atoms with Crippen molar-refractivity contribution in [1.29, 1.82) is 0 Å². The van der Waals surface area contributed by atoms with Crippen molar-refractivity contribution in [2.45, 2.75) is 19.8 Å². The first-order valence-electron chi connectivity index (χ1n) is 6.63. The van der Waals surface area contributed by atoms with E-state index >= 15 is 0 Å². The van der Waals surface area contributed by atoms with Crippen LogP contribution in [0.15, 0.2) is 42.5 Å². The fourth-order valence-electron chi connectivity index (χ4n) is 2.15. The third-order valence-electron chi connectivity index (χ3n) is 3.17. The van der Waals surface area contributed by atoms with Crippen molar-refractivity contribution in [3.05, 3.63) is 65.0 Å². The van der Waals surface area contributed by atoms with Gasteiger partial charge in [-0.05, 0) is 54.4 Å². The summed E-state index contributed by atoms with van der Waals surface area (Å²) < 4.78 is 18.2. The van der Waals surface area contributed by atoms with Crippen LogP contribution >= 0.6 is 0 Å². The Bertz CT molecular complexity index is 603. The number of rotatable bonds is 5. The molecular formula is C17H17FO2. The number of hydrogen-bond donors (Lipinski definition) is 0. The second-order valence-electron chi connectivity index (χ2n) is 4.61. The largest absolute Gasteiger partial charge is 0.496 e. The summed E-state index contributed by atoms with van der Waals surface area (Å²) in [7, 11) is 1.62. The second kappa shape index (κ2) is 6.33. The number of ketones is 1. The van der Waals surface area contributed by atoms with Gasteiger partial charge in [0.25, 0.3) is 0 Å². The maximum Gasteiger partial charge on any atom is 0.193 e. The molecule has 3 heteroatoms. The number of ether oxygens (including phenoxy) is 1. The molecule has 2 aromatic rings. The van der Waals surface area contributed by atoms with Gasteiger partial charge in [0.15, 0.2) is 5.78 Å². The summed E-state index contributed by atoms with van der Waals surface area (Å²) >= 11 is 0. The molecule has 2 nitrogen and oxygen atoms in total. The van der Waals surface area contributed by atoms with Crippen LogP contribution in [0.2, 0.25) is 0 Å². The topological polar surface area (TPSA) is 26.3 Å². The maximum absolute atomic E-state index is 12.9. The number of methoxy groups -OCH3 is 1. The van der Waals surface area contributed by atoms with E-state index in [1.165, 1.54) is 24.3 Å². The Morgan fingerprint density at radius 2 is 1.75 bits per heavy atom. The molecule has 0 amide bonds. The van der Waals surface area contributed by atoms with Gasteiger partial charge in [0.2, 0.25) is 0 Å². The van der Waals surface area contributed by atoms with Gasteiger partial charge in [0.05, 0.1) is 7.11 Å². The molecular weight excluding hydrogens is 255 g/mol. The van der Waals surface area contributed by atoms with Gasteiger partial charge in [-0.25, -0.2) is 4.39 Å². The van der Waals surface area contributed by atoms with E-state index in [0.717, 1.165) is 24.2 Å². The van der Waals surface area contributed by atoms with Gasteiger partial charge in [0, 0.05) is 11.1 Å². The Kier molecular flexibility index (Phi) is 4.51. The monoisotopic (exact) mass is 272 g/mol. The maximum atomic E-state index is 12.9. The molecule has 20 heavy (non-hydrogen) atoms. The highest BCUT2D eigenvalue weighted by Gasteiger charge is 2.12. The van der Waals surface area contributed by atoms with Gasteiger partial charge in [-0.1, -0.05) is 13.3 Å². The zero-order valence-electron chi connectivity index (χ0n) is 11.7. The molecule has 2 rings (SSSR count). The van der Waals surface area contributed by atoms with Gasteiger partial charge in [-0.3, -0.25) is 4.79 Å². The average molecular weight is 272 g/mol. The van der Waals surface area contributed by atoms with E-state index in [-0.39, 0.29) is 11.6 Å². The van der Waals surface area contributed by atoms with Gasteiger partial charge in [0.1, 0.15) is 11.6 Å². The van der Waals surface area contributed by atoms with E-state index in [4.69, 9.17) is 4.74 Å². The van der Waals surface area contributed by atoms with Crippen LogP contribution < -0.4 is 4.74 Å². The molecule has 2 aromatic carbocycles. The summed E-state index contributed by atoms with van der Waals surface area (Å²) in [4.78, 5) is 12.4. The first-order valence-corrected chi connectivity index (χ1v) is 6.63. The number of halogens is 1. The van der Waals surface area contributed by atoms with Crippen LogP contribution in [-0.4, -0.2) is 12.9 Å². The lowest BCUT2D eigenvalue weighted by atomic mass is 9.99. The molecule has 0 atom stereocenters. The molecule has 0 bridgehead atoms. The molecule has 0 aliphatic rings. The van der Waals surface area contributed by atoms with Crippen molar-refractivity contribution in [2.75, 3.05) is 7.11 Å². The normalized spacial score (nSPS) is 10.3. The summed E-state index contributed by atoms with van der Waals surface area (Å²) in [6, 6.07) is 11.0. The highest BCUT2D eigenvalue weighted by atomic mass is 19.1. The number of carbonyl (C=O) groups is 1. The fourth-order valence-corrected chi connectivity index (χ4v) is 2.15. The molecule has 0 saturated carbocycles. The lowest BCUT2D eigenvalue weighted by molar-refractivity contribution is 0.103. The number of benzene rings is 2. The Hall–Kier alpha value is -2.16. The van der Waals surface area contributed by atoms with Crippen molar-refractivity contribution in [3.63, 3.8) is 0 Å². The summed E-state index contributed by atoms with van der Waals surface area (Å²) in [6.07, 6.45) is 1.83. The van der Waals surface area contributed by atoms with E-state index in [9.17, 15) is 9.18 Å². The van der Waals surface area contributed by atoms with E-state index in [0.29, 0.717) is 11.1 Å². The molecule has 0 fully saturated rings. The Morgan fingerprint density at radius 3 is 2.35 bits per heavy atom. The van der Waals surface area contributed by atoms with Crippen molar-refractivity contribution in [1.82, 2.24) is 0 Å². The lowest BCUT2D eigenvalue weighted by Crippen LogP contribution is -2.03. The number of carbonyl (C=O) groups excluding carboxylic acids is 1. The molecule has 0 spiro atoms. The van der Waals surface area contributed by atoms with Crippen molar-refractivity contribution < 1.29 is 13.9 Å². The molecule has 0 aliphatic carbocycles. The minimum Gasteiger partial charge on any atom is -0.496 e. The van der Waals surface area contributed by atoms with Crippen LogP contribution in [0, 0.1) is 5.82 Å². The van der Waals surface area contributed by atoms with Crippen LogP contribution in [-0.2, 0) is 6.42 Å².